The molecule has 0 heterocycles. The molecule has 1 saturated carbocycles. The molecule has 0 saturated heterocycles. The summed E-state index contributed by atoms with van der Waals surface area (Å²) in [4.78, 5) is 0. The lowest BCUT2D eigenvalue weighted by Gasteiger charge is -2.42. The first-order valence-corrected chi connectivity index (χ1v) is 5.07. The van der Waals surface area contributed by atoms with E-state index in [4.69, 9.17) is 5.73 Å². The maximum Gasteiger partial charge on any atom is 0.0926 e. The molecule has 1 aromatic rings. The maximum atomic E-state index is 10.2. The molecule has 0 bridgehead atoms. The molecule has 0 aromatic heterocycles. The Morgan fingerprint density at radius 1 is 1.29 bits per heavy atom. The third-order valence-corrected chi connectivity index (χ3v) is 3.24. The molecule has 1 aliphatic rings. The molecule has 14 heavy (non-hydrogen) atoms. The number of hydrogen-bond acceptors (Lipinski definition) is 2. The van der Waals surface area contributed by atoms with Crippen LogP contribution in [0.1, 0.15) is 29.5 Å². The second-order valence-corrected chi connectivity index (χ2v) is 4.50. The normalized spacial score (nSPS) is 31.3. The Morgan fingerprint density at radius 2 is 1.93 bits per heavy atom. The fraction of sp³-hybridized carbons (Fsp3) is 0.500. The number of hydrogen-bond donors (Lipinski definition) is 2. The topological polar surface area (TPSA) is 46.2 Å². The van der Waals surface area contributed by atoms with E-state index in [9.17, 15) is 5.11 Å². The number of aliphatic hydroxyl groups is 1. The molecule has 2 heteroatoms. The highest BCUT2D eigenvalue weighted by atomic mass is 16.3. The van der Waals surface area contributed by atoms with Gasteiger partial charge in [0.1, 0.15) is 0 Å². The first-order valence-electron chi connectivity index (χ1n) is 5.07. The van der Waals surface area contributed by atoms with Gasteiger partial charge in [0.25, 0.3) is 0 Å². The van der Waals surface area contributed by atoms with Crippen LogP contribution < -0.4 is 5.73 Å². The minimum absolute atomic E-state index is 0.168. The van der Waals surface area contributed by atoms with Gasteiger partial charge in [0.2, 0.25) is 0 Å². The third kappa shape index (κ3) is 1.45. The summed E-state index contributed by atoms with van der Waals surface area (Å²) in [5.74, 6) is 0. The zero-order valence-electron chi connectivity index (χ0n) is 8.75. The van der Waals surface area contributed by atoms with Gasteiger partial charge < -0.3 is 10.8 Å². The van der Waals surface area contributed by atoms with Crippen LogP contribution in [0.25, 0.3) is 0 Å². The van der Waals surface area contributed by atoms with Crippen molar-refractivity contribution in [2.75, 3.05) is 0 Å². The zero-order chi connectivity index (χ0) is 10.3. The molecule has 0 aliphatic heterocycles. The molecular weight excluding hydrogens is 174 g/mol. The lowest BCUT2D eigenvalue weighted by Crippen LogP contribution is -2.49. The molecule has 1 aromatic carbocycles. The Balaban J connectivity index is 2.29. The maximum absolute atomic E-state index is 10.2. The Bertz CT molecular complexity index is 353. The molecule has 0 unspecified atom stereocenters. The van der Waals surface area contributed by atoms with Gasteiger partial charge >= 0.3 is 0 Å². The van der Waals surface area contributed by atoms with E-state index in [2.05, 4.69) is 26.0 Å². The van der Waals surface area contributed by atoms with Gasteiger partial charge in [-0.3, -0.25) is 0 Å². The third-order valence-electron chi connectivity index (χ3n) is 3.24. The lowest BCUT2D eigenvalue weighted by molar-refractivity contribution is -0.0523. The van der Waals surface area contributed by atoms with Gasteiger partial charge in [-0.1, -0.05) is 18.2 Å². The van der Waals surface area contributed by atoms with Gasteiger partial charge in [-0.15, -0.1) is 0 Å². The van der Waals surface area contributed by atoms with Gasteiger partial charge in [-0.25, -0.2) is 0 Å². The van der Waals surface area contributed by atoms with Crippen molar-refractivity contribution in [3.8, 4) is 0 Å². The van der Waals surface area contributed by atoms with Crippen molar-refractivity contribution < 1.29 is 5.11 Å². The summed E-state index contributed by atoms with van der Waals surface area (Å²) in [6, 6.07) is 6.31. The summed E-state index contributed by atoms with van der Waals surface area (Å²) in [6.07, 6.45) is 1.38. The van der Waals surface area contributed by atoms with Gasteiger partial charge in [0.05, 0.1) is 5.60 Å². The van der Waals surface area contributed by atoms with E-state index in [1.807, 2.05) is 6.07 Å². The average molecular weight is 191 g/mol. The number of benzene rings is 1. The molecule has 0 amide bonds. The van der Waals surface area contributed by atoms with E-state index >= 15 is 0 Å². The Kier molecular flexibility index (Phi) is 2.13. The van der Waals surface area contributed by atoms with Crippen molar-refractivity contribution >= 4 is 0 Å². The SMILES string of the molecule is Cc1ccc(C2(O)CC(N)C2)cc1C. The van der Waals surface area contributed by atoms with E-state index < -0.39 is 5.60 Å². The first kappa shape index (κ1) is 9.69. The highest BCUT2D eigenvalue weighted by Crippen LogP contribution is 2.40. The molecule has 1 fully saturated rings. The van der Waals surface area contributed by atoms with Crippen LogP contribution in [-0.2, 0) is 5.60 Å². The van der Waals surface area contributed by atoms with Crippen molar-refractivity contribution in [3.63, 3.8) is 0 Å². The molecule has 2 nitrogen and oxygen atoms in total. The van der Waals surface area contributed by atoms with E-state index in [1.165, 1.54) is 11.1 Å². The molecule has 0 radical (unpaired) electrons. The van der Waals surface area contributed by atoms with Crippen molar-refractivity contribution in [3.05, 3.63) is 34.9 Å². The number of nitrogens with two attached hydrogens (primary N) is 1. The molecule has 2 rings (SSSR count). The monoisotopic (exact) mass is 191 g/mol. The van der Waals surface area contributed by atoms with Crippen LogP contribution in [0.3, 0.4) is 0 Å². The van der Waals surface area contributed by atoms with Crippen molar-refractivity contribution in [2.45, 2.75) is 38.3 Å². The lowest BCUT2D eigenvalue weighted by atomic mass is 9.71. The van der Waals surface area contributed by atoms with Gasteiger partial charge in [0.15, 0.2) is 0 Å². The van der Waals surface area contributed by atoms with E-state index in [-0.39, 0.29) is 6.04 Å². The summed E-state index contributed by atoms with van der Waals surface area (Å²) in [5, 5.41) is 10.2. The van der Waals surface area contributed by atoms with Crippen LogP contribution in [0.15, 0.2) is 18.2 Å². The Morgan fingerprint density at radius 3 is 2.43 bits per heavy atom. The van der Waals surface area contributed by atoms with E-state index in [0.717, 1.165) is 5.56 Å². The second kappa shape index (κ2) is 3.07. The van der Waals surface area contributed by atoms with Crippen LogP contribution >= 0.6 is 0 Å². The largest absolute Gasteiger partial charge is 0.385 e. The van der Waals surface area contributed by atoms with Crippen molar-refractivity contribution in [1.82, 2.24) is 0 Å². The van der Waals surface area contributed by atoms with Gasteiger partial charge in [-0.05, 0) is 43.4 Å². The van der Waals surface area contributed by atoms with Gasteiger partial charge in [-0.2, -0.15) is 0 Å². The summed E-state index contributed by atoms with van der Waals surface area (Å²) in [6.45, 7) is 4.15. The van der Waals surface area contributed by atoms with E-state index in [0.29, 0.717) is 12.8 Å². The van der Waals surface area contributed by atoms with Crippen LogP contribution in [0.4, 0.5) is 0 Å². The summed E-state index contributed by atoms with van der Waals surface area (Å²) >= 11 is 0. The van der Waals surface area contributed by atoms with Crippen LogP contribution in [0.2, 0.25) is 0 Å². The van der Waals surface area contributed by atoms with Crippen molar-refractivity contribution in [2.24, 2.45) is 5.73 Å². The smallest absolute Gasteiger partial charge is 0.0926 e. The summed E-state index contributed by atoms with van der Waals surface area (Å²) in [5.41, 5.74) is 8.56. The van der Waals surface area contributed by atoms with Crippen LogP contribution in [-0.4, -0.2) is 11.1 Å². The minimum Gasteiger partial charge on any atom is -0.385 e. The number of aryl methyl sites for hydroxylation is 2. The average Bonchev–Trinajstić information content (AvgIpc) is 2.07. The summed E-state index contributed by atoms with van der Waals surface area (Å²) < 4.78 is 0. The highest BCUT2D eigenvalue weighted by Gasteiger charge is 2.42. The van der Waals surface area contributed by atoms with Crippen LogP contribution in [0, 0.1) is 13.8 Å². The Labute approximate surface area is 84.7 Å². The predicted molar refractivity (Wildman–Crippen MR) is 57.0 cm³/mol. The predicted octanol–water partition coefficient (Wildman–Crippen LogP) is 1.61. The van der Waals surface area contributed by atoms with Crippen LogP contribution in [0.5, 0.6) is 0 Å². The van der Waals surface area contributed by atoms with Crippen molar-refractivity contribution in [1.29, 1.82) is 0 Å². The summed E-state index contributed by atoms with van der Waals surface area (Å²) in [7, 11) is 0. The first-order chi connectivity index (χ1) is 6.51. The number of rotatable bonds is 1. The van der Waals surface area contributed by atoms with E-state index in [1.54, 1.807) is 0 Å². The fourth-order valence-corrected chi connectivity index (χ4v) is 2.07. The van der Waals surface area contributed by atoms with Gasteiger partial charge in [0, 0.05) is 6.04 Å². The highest BCUT2D eigenvalue weighted by molar-refractivity contribution is 5.34. The molecular formula is C12H17NO. The minimum atomic E-state index is -0.655. The molecule has 76 valence electrons. The molecule has 0 atom stereocenters. The molecule has 0 spiro atoms. The molecule has 1 aliphatic carbocycles. The molecule has 3 N–H and O–H groups in total. The second-order valence-electron chi connectivity index (χ2n) is 4.50. The quantitative estimate of drug-likeness (QED) is 0.708. The zero-order valence-corrected chi connectivity index (χ0v) is 8.75. The Hall–Kier alpha value is -0.860. The fourth-order valence-electron chi connectivity index (χ4n) is 2.07. The standard InChI is InChI=1S/C12H17NO/c1-8-3-4-10(5-9(8)2)12(14)6-11(13)7-12/h3-5,11,14H,6-7,13H2,1-2H3.